The van der Waals surface area contributed by atoms with Gasteiger partial charge in [-0.05, 0) is 66.9 Å². The summed E-state index contributed by atoms with van der Waals surface area (Å²) < 4.78 is 2.05. The third-order valence-electron chi connectivity index (χ3n) is 8.34. The molecule has 46 heavy (non-hydrogen) atoms. The minimum absolute atomic E-state index is 0.0546. The second-order valence-corrected chi connectivity index (χ2v) is 11.3. The Hall–Kier alpha value is -5.92. The first kappa shape index (κ1) is 28.8. The Bertz CT molecular complexity index is 2060. The highest BCUT2D eigenvalue weighted by Crippen LogP contribution is 2.32. The van der Waals surface area contributed by atoms with Gasteiger partial charge >= 0.3 is 0 Å². The van der Waals surface area contributed by atoms with Crippen molar-refractivity contribution in [3.63, 3.8) is 0 Å². The van der Waals surface area contributed by atoms with Crippen LogP contribution in [0, 0.1) is 11.3 Å². The van der Waals surface area contributed by atoms with Gasteiger partial charge in [0.25, 0.3) is 5.91 Å². The number of fused-ring (bicyclic) bond motifs is 1. The molecule has 2 aromatic carbocycles. The lowest BCUT2D eigenvalue weighted by molar-refractivity contribution is 0.0908. The van der Waals surface area contributed by atoms with E-state index in [9.17, 15) is 10.1 Å². The molecule has 10 heteroatoms. The van der Waals surface area contributed by atoms with E-state index in [2.05, 4.69) is 44.5 Å². The molecule has 6 aromatic rings. The first-order valence-corrected chi connectivity index (χ1v) is 15.2. The number of benzene rings is 2. The quantitative estimate of drug-likeness (QED) is 0.247. The maximum absolute atomic E-state index is 12.8. The number of nitrogens with two attached hydrogens (primary N) is 1. The van der Waals surface area contributed by atoms with E-state index in [1.807, 2.05) is 65.2 Å². The molecule has 3 N–H and O–H groups in total. The number of likely N-dealkylation sites (tertiary alicyclic amines) is 1. The smallest absolute Gasteiger partial charge is 0.254 e. The molecule has 0 radical (unpaired) electrons. The number of imidazole rings is 1. The standard InChI is InChI=1S/C36H31N9O/c37-22-32-28(8-4-18-39-32)36(46)41-26-16-20-44(21-17-26)23-24-10-12-27(13-11-24)45-34(29-9-5-19-40-33(29)38)43-31-15-14-30(42-35(31)45)25-6-2-1-3-7-25/h1-15,18-19,26H,16-17,20-21,23H2,(H2,38,40)(H,41,46). The van der Waals surface area contributed by atoms with Gasteiger partial charge in [-0.3, -0.25) is 14.3 Å². The molecule has 7 rings (SSSR count). The number of amides is 1. The van der Waals surface area contributed by atoms with Crippen LogP contribution in [0.3, 0.4) is 0 Å². The first-order valence-electron chi connectivity index (χ1n) is 15.2. The number of nitrogen functional groups attached to an aromatic ring is 1. The van der Waals surface area contributed by atoms with Gasteiger partial charge in [0, 0.05) is 49.3 Å². The summed E-state index contributed by atoms with van der Waals surface area (Å²) in [6.07, 6.45) is 4.86. The van der Waals surface area contributed by atoms with Crippen LogP contribution in [0.25, 0.3) is 39.5 Å². The van der Waals surface area contributed by atoms with Crippen molar-refractivity contribution in [1.82, 2.24) is 34.7 Å². The summed E-state index contributed by atoms with van der Waals surface area (Å²) in [6.45, 7) is 2.51. The summed E-state index contributed by atoms with van der Waals surface area (Å²) in [5, 5.41) is 12.4. The molecule has 10 nitrogen and oxygen atoms in total. The van der Waals surface area contributed by atoms with Gasteiger partial charge in [0.2, 0.25) is 0 Å². The molecule has 1 saturated heterocycles. The molecule has 0 saturated carbocycles. The Morgan fingerprint density at radius 1 is 0.891 bits per heavy atom. The van der Waals surface area contributed by atoms with E-state index >= 15 is 0 Å². The zero-order chi connectivity index (χ0) is 31.5. The SMILES string of the molecule is N#Cc1ncccc1C(=O)NC1CCN(Cc2ccc(-n3c(-c4cccnc4N)nc4ccc(-c5ccccc5)nc43)cc2)CC1. The van der Waals surface area contributed by atoms with Crippen LogP contribution in [0.15, 0.2) is 103 Å². The summed E-state index contributed by atoms with van der Waals surface area (Å²) in [7, 11) is 0. The predicted octanol–water partition coefficient (Wildman–Crippen LogP) is 5.39. The maximum atomic E-state index is 12.8. The summed E-state index contributed by atoms with van der Waals surface area (Å²) >= 11 is 0. The highest BCUT2D eigenvalue weighted by molar-refractivity contribution is 5.96. The normalized spacial score (nSPS) is 13.8. The Labute approximate surface area is 266 Å². The first-order chi connectivity index (χ1) is 22.6. The largest absolute Gasteiger partial charge is 0.383 e. The Morgan fingerprint density at radius 2 is 1.65 bits per heavy atom. The average Bonchev–Trinajstić information content (AvgIpc) is 3.48. The van der Waals surface area contributed by atoms with E-state index < -0.39 is 0 Å². The van der Waals surface area contributed by atoms with Gasteiger partial charge in [-0.25, -0.2) is 19.9 Å². The third-order valence-corrected chi connectivity index (χ3v) is 8.34. The predicted molar refractivity (Wildman–Crippen MR) is 177 cm³/mol. The molecule has 0 bridgehead atoms. The number of rotatable bonds is 7. The molecule has 1 fully saturated rings. The number of carbonyl (C=O) groups excluding carboxylic acids is 1. The van der Waals surface area contributed by atoms with Crippen molar-refractivity contribution in [2.24, 2.45) is 0 Å². The third kappa shape index (κ3) is 5.79. The average molecular weight is 606 g/mol. The number of nitriles is 1. The summed E-state index contributed by atoms with van der Waals surface area (Å²) in [4.78, 5) is 33.5. The lowest BCUT2D eigenvalue weighted by Crippen LogP contribution is -2.44. The molecule has 4 aromatic heterocycles. The number of hydrogen-bond acceptors (Lipinski definition) is 8. The summed E-state index contributed by atoms with van der Waals surface area (Å²) in [5.74, 6) is 0.844. The molecule has 0 unspecified atom stereocenters. The molecule has 0 aliphatic carbocycles. The van der Waals surface area contributed by atoms with Crippen molar-refractivity contribution in [2.45, 2.75) is 25.4 Å². The minimum atomic E-state index is -0.247. The van der Waals surface area contributed by atoms with Crippen molar-refractivity contribution in [1.29, 1.82) is 5.26 Å². The van der Waals surface area contributed by atoms with Crippen LogP contribution in [0.5, 0.6) is 0 Å². The van der Waals surface area contributed by atoms with Crippen LogP contribution in [0.2, 0.25) is 0 Å². The van der Waals surface area contributed by atoms with E-state index in [-0.39, 0.29) is 17.6 Å². The molecule has 0 atom stereocenters. The van der Waals surface area contributed by atoms with Crippen molar-refractivity contribution in [2.75, 3.05) is 18.8 Å². The van der Waals surface area contributed by atoms with Gasteiger partial charge in [-0.15, -0.1) is 0 Å². The van der Waals surface area contributed by atoms with Crippen molar-refractivity contribution in [3.8, 4) is 34.4 Å². The van der Waals surface area contributed by atoms with Gasteiger partial charge in [0.05, 0.1) is 16.8 Å². The van der Waals surface area contributed by atoms with E-state index in [1.165, 1.54) is 11.8 Å². The van der Waals surface area contributed by atoms with E-state index in [0.717, 1.165) is 66.1 Å². The van der Waals surface area contributed by atoms with E-state index in [4.69, 9.17) is 15.7 Å². The van der Waals surface area contributed by atoms with Gasteiger partial charge in [0.15, 0.2) is 17.2 Å². The molecular formula is C36H31N9O. The van der Waals surface area contributed by atoms with Gasteiger partial charge in [0.1, 0.15) is 17.4 Å². The van der Waals surface area contributed by atoms with Crippen LogP contribution in [-0.4, -0.2) is 54.4 Å². The van der Waals surface area contributed by atoms with E-state index in [0.29, 0.717) is 17.2 Å². The van der Waals surface area contributed by atoms with Crippen molar-refractivity contribution >= 4 is 22.9 Å². The number of hydrogen-bond donors (Lipinski definition) is 2. The molecule has 1 aliphatic heterocycles. The Balaban J connectivity index is 1.10. The van der Waals surface area contributed by atoms with Crippen molar-refractivity contribution in [3.05, 3.63) is 120 Å². The summed E-state index contributed by atoms with van der Waals surface area (Å²) in [5.41, 5.74) is 13.0. The van der Waals surface area contributed by atoms with E-state index in [1.54, 1.807) is 18.3 Å². The Morgan fingerprint density at radius 3 is 2.41 bits per heavy atom. The number of nitrogens with zero attached hydrogens (tertiary/aromatic N) is 7. The van der Waals surface area contributed by atoms with Gasteiger partial charge in [-0.2, -0.15) is 5.26 Å². The molecule has 5 heterocycles. The number of carbonyl (C=O) groups is 1. The van der Waals surface area contributed by atoms with Crippen LogP contribution in [-0.2, 0) is 6.54 Å². The maximum Gasteiger partial charge on any atom is 0.254 e. The highest BCUT2D eigenvalue weighted by atomic mass is 16.1. The van der Waals surface area contributed by atoms with Gasteiger partial charge in [-0.1, -0.05) is 42.5 Å². The Kier molecular flexibility index (Phi) is 7.89. The van der Waals surface area contributed by atoms with Crippen LogP contribution in [0.1, 0.15) is 34.5 Å². The number of nitrogens with one attached hydrogen (secondary N) is 1. The monoisotopic (exact) mass is 605 g/mol. The minimum Gasteiger partial charge on any atom is -0.383 e. The fraction of sp³-hybridized carbons (Fsp3) is 0.167. The highest BCUT2D eigenvalue weighted by Gasteiger charge is 2.23. The van der Waals surface area contributed by atoms with Crippen molar-refractivity contribution < 1.29 is 4.79 Å². The molecule has 1 aliphatic rings. The molecular weight excluding hydrogens is 574 g/mol. The second kappa shape index (κ2) is 12.6. The lowest BCUT2D eigenvalue weighted by atomic mass is 10.0. The fourth-order valence-electron chi connectivity index (χ4n) is 5.94. The number of pyridine rings is 3. The molecule has 226 valence electrons. The second-order valence-electron chi connectivity index (χ2n) is 11.3. The topological polar surface area (TPSA) is 139 Å². The molecule has 0 spiro atoms. The van der Waals surface area contributed by atoms with Crippen LogP contribution >= 0.6 is 0 Å². The fourth-order valence-corrected chi connectivity index (χ4v) is 5.94. The van der Waals surface area contributed by atoms with Crippen LogP contribution in [0.4, 0.5) is 5.82 Å². The number of aromatic nitrogens is 5. The molecule has 1 amide bonds. The number of piperidine rings is 1. The zero-order valence-electron chi connectivity index (χ0n) is 25.0. The van der Waals surface area contributed by atoms with Crippen LogP contribution < -0.4 is 11.1 Å². The zero-order valence-corrected chi connectivity index (χ0v) is 25.0. The summed E-state index contributed by atoms with van der Waals surface area (Å²) in [6, 6.07) is 31.7. The lowest BCUT2D eigenvalue weighted by Gasteiger charge is -2.32. The van der Waals surface area contributed by atoms with Gasteiger partial charge < -0.3 is 11.1 Å². The number of anilines is 1.